The molecule has 0 unspecified atom stereocenters. The Kier molecular flexibility index (Phi) is 5.23. The van der Waals surface area contributed by atoms with Gasteiger partial charge < -0.3 is 10.1 Å². The summed E-state index contributed by atoms with van der Waals surface area (Å²) in [4.78, 5) is 17.1. The minimum absolute atomic E-state index is 0.347. The van der Waals surface area contributed by atoms with E-state index in [1.165, 1.54) is 0 Å². The summed E-state index contributed by atoms with van der Waals surface area (Å²) in [6.45, 7) is 5.53. The molecule has 2 aromatic rings. The highest BCUT2D eigenvalue weighted by Crippen LogP contribution is 2.17. The highest BCUT2D eigenvalue weighted by Gasteiger charge is 2.09. The van der Waals surface area contributed by atoms with E-state index in [0.29, 0.717) is 24.4 Å². The van der Waals surface area contributed by atoms with Crippen LogP contribution in [0.5, 0.6) is 6.01 Å². The first-order valence-electron chi connectivity index (χ1n) is 6.86. The van der Waals surface area contributed by atoms with E-state index >= 15 is 0 Å². The third-order valence-corrected chi connectivity index (χ3v) is 2.50. The zero-order chi connectivity index (χ0) is 14.2. The zero-order valence-electron chi connectivity index (χ0n) is 11.8. The fourth-order valence-electron chi connectivity index (χ4n) is 1.55. The van der Waals surface area contributed by atoms with Crippen molar-refractivity contribution in [1.29, 1.82) is 0 Å². The Bertz CT molecular complexity index is 506. The number of aromatic nitrogens is 4. The van der Waals surface area contributed by atoms with Crippen LogP contribution in [0.2, 0.25) is 0 Å². The van der Waals surface area contributed by atoms with Gasteiger partial charge in [-0.25, -0.2) is 0 Å². The van der Waals surface area contributed by atoms with Crippen molar-refractivity contribution in [3.63, 3.8) is 0 Å². The number of nitrogens with zero attached hydrogens (tertiary/aromatic N) is 4. The van der Waals surface area contributed by atoms with Crippen LogP contribution >= 0.6 is 0 Å². The third-order valence-electron chi connectivity index (χ3n) is 2.50. The van der Waals surface area contributed by atoms with Crippen molar-refractivity contribution in [2.75, 3.05) is 18.5 Å². The van der Waals surface area contributed by atoms with E-state index in [9.17, 15) is 0 Å². The third kappa shape index (κ3) is 3.88. The van der Waals surface area contributed by atoms with Gasteiger partial charge in [0.05, 0.1) is 6.61 Å². The van der Waals surface area contributed by atoms with Crippen LogP contribution in [0.1, 0.15) is 26.7 Å². The Labute approximate surface area is 118 Å². The second-order valence-corrected chi connectivity index (χ2v) is 4.28. The van der Waals surface area contributed by atoms with Gasteiger partial charge in [-0.3, -0.25) is 4.98 Å². The molecule has 20 heavy (non-hydrogen) atoms. The summed E-state index contributed by atoms with van der Waals surface area (Å²) < 4.78 is 5.52. The number of hydrogen-bond acceptors (Lipinski definition) is 6. The Morgan fingerprint density at radius 3 is 2.75 bits per heavy atom. The first-order chi connectivity index (χ1) is 9.83. The predicted molar refractivity (Wildman–Crippen MR) is 77.6 cm³/mol. The first-order valence-corrected chi connectivity index (χ1v) is 6.86. The van der Waals surface area contributed by atoms with Crippen molar-refractivity contribution < 1.29 is 4.74 Å². The molecule has 2 aromatic heterocycles. The topological polar surface area (TPSA) is 72.8 Å². The van der Waals surface area contributed by atoms with Gasteiger partial charge in [0.1, 0.15) is 0 Å². The maximum absolute atomic E-state index is 5.52. The lowest BCUT2D eigenvalue weighted by atomic mass is 10.3. The van der Waals surface area contributed by atoms with Gasteiger partial charge in [-0.1, -0.05) is 13.8 Å². The van der Waals surface area contributed by atoms with Gasteiger partial charge in [-0.2, -0.15) is 15.0 Å². The molecule has 2 heterocycles. The van der Waals surface area contributed by atoms with Gasteiger partial charge in [0, 0.05) is 24.5 Å². The minimum Gasteiger partial charge on any atom is -0.463 e. The standard InChI is InChI=1S/C14H19N5O/c1-3-7-16-13-17-12(11-6-5-8-15-10-11)18-14(19-13)20-9-4-2/h5-6,8,10H,3-4,7,9H2,1-2H3,(H,16,17,18,19). The molecule has 1 N–H and O–H groups in total. The summed E-state index contributed by atoms with van der Waals surface area (Å²) in [5, 5.41) is 3.16. The van der Waals surface area contributed by atoms with E-state index in [2.05, 4.69) is 32.2 Å². The molecule has 2 rings (SSSR count). The van der Waals surface area contributed by atoms with Gasteiger partial charge >= 0.3 is 6.01 Å². The molecule has 0 saturated carbocycles. The van der Waals surface area contributed by atoms with Crippen LogP contribution in [0.4, 0.5) is 5.95 Å². The molecule has 106 valence electrons. The smallest absolute Gasteiger partial charge is 0.321 e. The number of pyridine rings is 1. The largest absolute Gasteiger partial charge is 0.463 e. The van der Waals surface area contributed by atoms with Crippen LogP contribution in [-0.4, -0.2) is 33.1 Å². The first kappa shape index (κ1) is 14.2. The molecule has 0 aromatic carbocycles. The lowest BCUT2D eigenvalue weighted by Gasteiger charge is -2.08. The summed E-state index contributed by atoms with van der Waals surface area (Å²) in [5.74, 6) is 1.10. The van der Waals surface area contributed by atoms with E-state index in [1.807, 2.05) is 19.1 Å². The van der Waals surface area contributed by atoms with Gasteiger partial charge in [-0.05, 0) is 25.0 Å². The number of hydrogen-bond donors (Lipinski definition) is 1. The Morgan fingerprint density at radius 2 is 2.05 bits per heavy atom. The summed E-state index contributed by atoms with van der Waals surface area (Å²) in [7, 11) is 0. The van der Waals surface area contributed by atoms with E-state index in [0.717, 1.165) is 24.9 Å². The average molecular weight is 273 g/mol. The van der Waals surface area contributed by atoms with Gasteiger partial charge in [0.25, 0.3) is 0 Å². The Morgan fingerprint density at radius 1 is 1.15 bits per heavy atom. The summed E-state index contributed by atoms with van der Waals surface area (Å²) in [5.41, 5.74) is 0.843. The van der Waals surface area contributed by atoms with Crippen molar-refractivity contribution >= 4 is 5.95 Å². The molecule has 6 nitrogen and oxygen atoms in total. The van der Waals surface area contributed by atoms with Crippen LogP contribution in [-0.2, 0) is 0 Å². The highest BCUT2D eigenvalue weighted by atomic mass is 16.5. The normalized spacial score (nSPS) is 10.3. The molecule has 0 radical (unpaired) electrons. The average Bonchev–Trinajstić information content (AvgIpc) is 2.51. The molecule has 0 bridgehead atoms. The van der Waals surface area contributed by atoms with Crippen molar-refractivity contribution in [3.8, 4) is 17.4 Å². The lowest BCUT2D eigenvalue weighted by Crippen LogP contribution is -2.09. The second-order valence-electron chi connectivity index (χ2n) is 4.28. The monoisotopic (exact) mass is 273 g/mol. The molecule has 0 aliphatic heterocycles. The molecule has 0 aliphatic carbocycles. The molecular weight excluding hydrogens is 254 g/mol. The van der Waals surface area contributed by atoms with Crippen LogP contribution in [0.3, 0.4) is 0 Å². The highest BCUT2D eigenvalue weighted by molar-refractivity contribution is 5.54. The Balaban J connectivity index is 2.29. The van der Waals surface area contributed by atoms with Crippen LogP contribution < -0.4 is 10.1 Å². The lowest BCUT2D eigenvalue weighted by molar-refractivity contribution is 0.292. The molecule has 0 saturated heterocycles. The molecule has 6 heteroatoms. The molecule has 0 amide bonds. The van der Waals surface area contributed by atoms with Gasteiger partial charge in [0.15, 0.2) is 5.82 Å². The number of rotatable bonds is 7. The molecule has 0 spiro atoms. The number of ether oxygens (including phenoxy) is 1. The van der Waals surface area contributed by atoms with E-state index in [-0.39, 0.29) is 0 Å². The van der Waals surface area contributed by atoms with Crippen molar-refractivity contribution in [1.82, 2.24) is 19.9 Å². The van der Waals surface area contributed by atoms with Crippen molar-refractivity contribution in [3.05, 3.63) is 24.5 Å². The molecule has 0 fully saturated rings. The fraction of sp³-hybridized carbons (Fsp3) is 0.429. The van der Waals surface area contributed by atoms with E-state index in [4.69, 9.17) is 4.74 Å². The van der Waals surface area contributed by atoms with Gasteiger partial charge in [-0.15, -0.1) is 0 Å². The molecule has 0 atom stereocenters. The second kappa shape index (κ2) is 7.37. The number of nitrogens with one attached hydrogen (secondary N) is 1. The van der Waals surface area contributed by atoms with Crippen LogP contribution in [0, 0.1) is 0 Å². The minimum atomic E-state index is 0.347. The van der Waals surface area contributed by atoms with E-state index in [1.54, 1.807) is 12.4 Å². The van der Waals surface area contributed by atoms with Crippen LogP contribution in [0.15, 0.2) is 24.5 Å². The van der Waals surface area contributed by atoms with Crippen molar-refractivity contribution in [2.45, 2.75) is 26.7 Å². The number of anilines is 1. The fourth-order valence-corrected chi connectivity index (χ4v) is 1.55. The quantitative estimate of drug-likeness (QED) is 0.835. The maximum atomic E-state index is 5.52. The summed E-state index contributed by atoms with van der Waals surface area (Å²) in [6, 6.07) is 4.11. The zero-order valence-corrected chi connectivity index (χ0v) is 11.8. The summed E-state index contributed by atoms with van der Waals surface area (Å²) in [6.07, 6.45) is 5.35. The predicted octanol–water partition coefficient (Wildman–Crippen LogP) is 2.54. The van der Waals surface area contributed by atoms with E-state index < -0.39 is 0 Å². The SMILES string of the molecule is CCCNc1nc(OCCC)nc(-c2cccnc2)n1. The van der Waals surface area contributed by atoms with Gasteiger partial charge in [0.2, 0.25) is 5.95 Å². The van der Waals surface area contributed by atoms with Crippen molar-refractivity contribution in [2.24, 2.45) is 0 Å². The Hall–Kier alpha value is -2.24. The molecule has 0 aliphatic rings. The summed E-state index contributed by atoms with van der Waals surface area (Å²) >= 11 is 0. The van der Waals surface area contributed by atoms with Crippen LogP contribution in [0.25, 0.3) is 11.4 Å². The molecular formula is C14H19N5O. The maximum Gasteiger partial charge on any atom is 0.321 e.